The van der Waals surface area contributed by atoms with Crippen molar-refractivity contribution in [1.29, 1.82) is 0 Å². The molecule has 0 amide bonds. The van der Waals surface area contributed by atoms with Crippen LogP contribution in [0.15, 0.2) is 23.8 Å². The van der Waals surface area contributed by atoms with Crippen molar-refractivity contribution >= 4 is 60.4 Å². The molecule has 10 atom stereocenters. The molecule has 2 bridgehead atoms. The number of anilines is 2. The molecule has 25 heteroatoms. The van der Waals surface area contributed by atoms with Crippen molar-refractivity contribution in [2.45, 2.75) is 49.1 Å². The van der Waals surface area contributed by atoms with Gasteiger partial charge in [0.15, 0.2) is 41.3 Å². The average Bonchev–Trinajstić information content (AvgIpc) is 3.72. The van der Waals surface area contributed by atoms with Crippen LogP contribution < -0.4 is 21.9 Å². The molecule has 21 nitrogen and oxygen atoms in total. The zero-order valence-electron chi connectivity index (χ0n) is 22.3. The minimum Gasteiger partial charge on any atom is -0.780 e. The highest BCUT2D eigenvalue weighted by Crippen LogP contribution is 2.53. The van der Waals surface area contributed by atoms with Crippen LogP contribution in [0.25, 0.3) is 22.3 Å². The fourth-order valence-corrected chi connectivity index (χ4v) is 7.61. The number of hydrogen-bond donors (Lipinski definition) is 5. The number of fused-ring (bicyclic) bond motifs is 5. The number of hydrogen-bond acceptors (Lipinski definition) is 18. The summed E-state index contributed by atoms with van der Waals surface area (Å²) in [5, 5.41) is 11.0. The molecule has 3 aliphatic rings. The van der Waals surface area contributed by atoms with E-state index in [9.17, 15) is 24.3 Å². The van der Waals surface area contributed by atoms with Gasteiger partial charge in [-0.3, -0.25) is 28.0 Å². The molecule has 242 valence electrons. The lowest BCUT2D eigenvalue weighted by atomic mass is 10.1. The van der Waals surface area contributed by atoms with Gasteiger partial charge in [0.25, 0.3) is 5.56 Å². The number of halogens is 1. The molecule has 4 aromatic heterocycles. The quantitative estimate of drug-likeness (QED) is 0.144. The number of aliphatic hydroxyl groups is 1. The molecule has 0 aromatic carbocycles. The molecular weight excluding hydrogens is 669 g/mol. The van der Waals surface area contributed by atoms with Gasteiger partial charge in [-0.25, -0.2) is 28.9 Å². The summed E-state index contributed by atoms with van der Waals surface area (Å²) in [6, 6.07) is 0. The van der Waals surface area contributed by atoms with Crippen LogP contribution >= 0.6 is 14.5 Å². The van der Waals surface area contributed by atoms with E-state index >= 15 is 4.39 Å². The van der Waals surface area contributed by atoms with Gasteiger partial charge in [-0.2, -0.15) is 4.98 Å². The number of H-pyrrole nitrogens is 1. The van der Waals surface area contributed by atoms with Crippen LogP contribution in [-0.2, 0) is 43.9 Å². The summed E-state index contributed by atoms with van der Waals surface area (Å²) in [7, 11) is -5.11. The predicted molar refractivity (Wildman–Crippen MR) is 147 cm³/mol. The van der Waals surface area contributed by atoms with Crippen molar-refractivity contribution in [2.24, 2.45) is 0 Å². The van der Waals surface area contributed by atoms with Crippen molar-refractivity contribution in [2.75, 3.05) is 24.7 Å². The van der Waals surface area contributed by atoms with Crippen molar-refractivity contribution in [1.82, 2.24) is 39.0 Å². The van der Waals surface area contributed by atoms with Crippen molar-refractivity contribution in [3.8, 4) is 0 Å². The molecule has 7 heterocycles. The van der Waals surface area contributed by atoms with Crippen molar-refractivity contribution in [3.05, 3.63) is 29.3 Å². The fourth-order valence-electron chi connectivity index (χ4n) is 5.25. The number of imidazole rings is 2. The standard InChI is InChI=1S/C20H23FN10O11P2S/c21-8-12-7(40-18(8)30-4-26-9-14(22)24-3-25-15(9)30)2-38-44(36,45)42-13-11(32)6(1-37-43(34,35)41-12)39-19(13)31-5-27-10-16(31)28-20(23)29-17(10)33/h3-8,11-13,18-19,32H,1-2H2,(H,34,35)(H,36,45)(H2,22,24,25)(H3,23,28,29,33)/p-1/t6-,7-,8+,11+,12?,13?,18-,19-,44?/m1/s1. The minimum absolute atomic E-state index is 0.0128. The third-order valence-electron chi connectivity index (χ3n) is 7.27. The van der Waals surface area contributed by atoms with Crippen LogP contribution in [0.2, 0.25) is 0 Å². The molecule has 7 rings (SSSR count). The van der Waals surface area contributed by atoms with E-state index < -0.39 is 82.5 Å². The number of aromatic nitrogens is 8. The number of rotatable bonds is 2. The highest BCUT2D eigenvalue weighted by atomic mass is 32.5. The Hall–Kier alpha value is -3.05. The molecule has 0 aliphatic carbocycles. The van der Waals surface area contributed by atoms with Gasteiger partial charge in [-0.05, 0) is 0 Å². The number of nitrogen functional groups attached to an aromatic ring is 2. The third kappa shape index (κ3) is 5.43. The molecule has 45 heavy (non-hydrogen) atoms. The molecule has 3 saturated heterocycles. The second kappa shape index (κ2) is 11.0. The zero-order valence-corrected chi connectivity index (χ0v) is 24.9. The first-order chi connectivity index (χ1) is 21.3. The normalized spacial score (nSPS) is 37.7. The molecule has 7 N–H and O–H groups in total. The first-order valence-corrected chi connectivity index (χ1v) is 16.9. The fraction of sp³-hybridized carbons (Fsp3) is 0.500. The van der Waals surface area contributed by atoms with E-state index in [1.807, 2.05) is 0 Å². The Labute approximate surface area is 254 Å². The lowest BCUT2D eigenvalue weighted by Gasteiger charge is -2.34. The molecule has 0 saturated carbocycles. The Kier molecular flexibility index (Phi) is 7.50. The van der Waals surface area contributed by atoms with E-state index in [1.54, 1.807) is 0 Å². The molecule has 4 unspecified atom stereocenters. The van der Waals surface area contributed by atoms with Crippen molar-refractivity contribution < 1.29 is 51.4 Å². The molecular formula is C20H22FN10O11P2S-. The number of alkyl halides is 1. The summed E-state index contributed by atoms with van der Waals surface area (Å²) in [5.41, 5.74) is 10.8. The summed E-state index contributed by atoms with van der Waals surface area (Å²) >= 11 is 5.07. The van der Waals surface area contributed by atoms with E-state index in [4.69, 9.17) is 50.8 Å². The molecule has 3 fully saturated rings. The van der Waals surface area contributed by atoms with E-state index in [0.717, 1.165) is 17.2 Å². The summed E-state index contributed by atoms with van der Waals surface area (Å²) in [5.74, 6) is -0.253. The Morgan fingerprint density at radius 2 is 1.69 bits per heavy atom. The maximum Gasteiger partial charge on any atom is 0.472 e. The number of aromatic amines is 1. The van der Waals surface area contributed by atoms with Crippen LogP contribution in [0.1, 0.15) is 12.5 Å². The van der Waals surface area contributed by atoms with Crippen LogP contribution in [0.5, 0.6) is 0 Å². The highest BCUT2D eigenvalue weighted by Gasteiger charge is 2.53. The van der Waals surface area contributed by atoms with E-state index in [2.05, 4.69) is 29.9 Å². The molecule has 0 spiro atoms. The Bertz CT molecular complexity index is 1950. The minimum atomic E-state index is -5.11. The van der Waals surface area contributed by atoms with Gasteiger partial charge in [-0.15, -0.1) is 0 Å². The second-order valence-corrected chi connectivity index (χ2v) is 14.2. The largest absolute Gasteiger partial charge is 0.780 e. The third-order valence-corrected chi connectivity index (χ3v) is 9.80. The number of ether oxygens (including phenoxy) is 2. The monoisotopic (exact) mass is 691 g/mol. The molecule has 3 aliphatic heterocycles. The second-order valence-electron chi connectivity index (χ2n) is 10.1. The number of nitrogens with two attached hydrogens (primary N) is 2. The molecule has 0 radical (unpaired) electrons. The van der Waals surface area contributed by atoms with Crippen LogP contribution in [0.4, 0.5) is 16.2 Å². The topological polar surface area (TPSA) is 295 Å². The summed E-state index contributed by atoms with van der Waals surface area (Å²) in [6.45, 7) is -6.15. The Morgan fingerprint density at radius 1 is 1.00 bits per heavy atom. The maximum atomic E-state index is 15.9. The zero-order chi connectivity index (χ0) is 31.8. The Morgan fingerprint density at radius 3 is 2.47 bits per heavy atom. The van der Waals surface area contributed by atoms with E-state index in [1.165, 1.54) is 10.9 Å². The number of phosphoric acid groups is 1. The smallest absolute Gasteiger partial charge is 0.472 e. The number of nitrogens with one attached hydrogen (secondary N) is 1. The number of aliphatic hydroxyl groups excluding tert-OH is 1. The summed E-state index contributed by atoms with van der Waals surface area (Å²) < 4.78 is 64.0. The lowest BCUT2D eigenvalue weighted by molar-refractivity contribution is -0.218. The lowest BCUT2D eigenvalue weighted by Crippen LogP contribution is -2.36. The number of nitrogens with zero attached hydrogens (tertiary/aromatic N) is 7. The van der Waals surface area contributed by atoms with E-state index in [-0.39, 0.29) is 34.1 Å². The first-order valence-electron chi connectivity index (χ1n) is 12.9. The molecule has 4 aromatic rings. The predicted octanol–water partition coefficient (Wildman–Crippen LogP) is -1.88. The highest BCUT2D eigenvalue weighted by molar-refractivity contribution is 8.06. The van der Waals surface area contributed by atoms with Gasteiger partial charge in [0.1, 0.15) is 49.1 Å². The van der Waals surface area contributed by atoms with Gasteiger partial charge in [0.05, 0.1) is 25.9 Å². The van der Waals surface area contributed by atoms with Gasteiger partial charge < -0.3 is 44.9 Å². The Balaban J connectivity index is 1.21. The van der Waals surface area contributed by atoms with Gasteiger partial charge in [-0.1, -0.05) is 11.8 Å². The van der Waals surface area contributed by atoms with Gasteiger partial charge in [0.2, 0.25) is 5.95 Å². The first kappa shape index (κ1) is 30.6. The summed E-state index contributed by atoms with van der Waals surface area (Å²) in [6.07, 6.45) is -9.77. The van der Waals surface area contributed by atoms with Crippen LogP contribution in [0.3, 0.4) is 0 Å². The van der Waals surface area contributed by atoms with Crippen LogP contribution in [0, 0.1) is 0 Å². The van der Waals surface area contributed by atoms with Gasteiger partial charge >= 0.3 is 7.82 Å². The summed E-state index contributed by atoms with van der Waals surface area (Å²) in [4.78, 5) is 58.5. The number of phosphoric ester groups is 1. The van der Waals surface area contributed by atoms with E-state index in [0.29, 0.717) is 0 Å². The van der Waals surface area contributed by atoms with Crippen LogP contribution in [-0.4, -0.2) is 98.9 Å². The van der Waals surface area contributed by atoms with Crippen molar-refractivity contribution in [3.63, 3.8) is 0 Å². The maximum absolute atomic E-state index is 15.9. The average molecular weight is 691 g/mol. The SMILES string of the molecule is Nc1nc2c(ncn2[C@@H]2O[C@@H]3COP(=O)(O)OC4[C@@H](COP([O-])(=S)OC2[C@H]3O)O[C@@H](n2cnc3c(N)ncnc32)[C@H]4F)c(=O)[nH]1. The van der Waals surface area contributed by atoms with Gasteiger partial charge in [0, 0.05) is 0 Å².